The van der Waals surface area contributed by atoms with Crippen LogP contribution in [0, 0.1) is 0 Å². The van der Waals surface area contributed by atoms with Gasteiger partial charge in [-0.3, -0.25) is 10.2 Å². The van der Waals surface area contributed by atoms with Crippen molar-refractivity contribution in [3.63, 3.8) is 0 Å². The number of hydrogen-bond acceptors (Lipinski definition) is 4. The minimum absolute atomic E-state index is 0.0254. The molecule has 1 aromatic heterocycles. The van der Waals surface area contributed by atoms with Gasteiger partial charge in [0.15, 0.2) is 5.11 Å². The van der Waals surface area contributed by atoms with E-state index in [2.05, 4.69) is 5.43 Å². The van der Waals surface area contributed by atoms with Crippen LogP contribution < -0.4 is 20.9 Å². The molecule has 6 nitrogen and oxygen atoms in total. The van der Waals surface area contributed by atoms with E-state index in [9.17, 15) is 4.79 Å². The van der Waals surface area contributed by atoms with Gasteiger partial charge in [-0.15, -0.1) is 0 Å². The number of fused-ring (bicyclic) bond motifs is 3. The minimum atomic E-state index is -0.340. The fraction of sp³-hybridized carbons (Fsp3) is 0.0385. The van der Waals surface area contributed by atoms with Crippen molar-refractivity contribution in [2.24, 2.45) is 5.73 Å². The maximum absolute atomic E-state index is 13.4. The minimum Gasteiger partial charge on any atom is -0.494 e. The number of methoxy groups -OCH3 is 1. The second kappa shape index (κ2) is 8.37. The van der Waals surface area contributed by atoms with Crippen LogP contribution in [0.25, 0.3) is 32.6 Å². The highest BCUT2D eigenvalue weighted by molar-refractivity contribution is 7.80. The van der Waals surface area contributed by atoms with Gasteiger partial charge in [-0.2, -0.15) is 0 Å². The van der Waals surface area contributed by atoms with Gasteiger partial charge in [0.1, 0.15) is 11.4 Å². The van der Waals surface area contributed by atoms with Crippen LogP contribution in [0.5, 0.6) is 5.75 Å². The van der Waals surface area contributed by atoms with Gasteiger partial charge >= 0.3 is 0 Å². The Kier molecular flexibility index (Phi) is 5.24. The lowest BCUT2D eigenvalue weighted by molar-refractivity contribution is 0.0956. The van der Waals surface area contributed by atoms with Crippen molar-refractivity contribution in [3.05, 3.63) is 90.5 Å². The van der Waals surface area contributed by atoms with Gasteiger partial charge < -0.3 is 10.5 Å². The average molecular weight is 453 g/mol. The Morgan fingerprint density at radius 1 is 0.909 bits per heavy atom. The lowest BCUT2D eigenvalue weighted by atomic mass is 10.0. The molecule has 0 atom stereocenters. The number of ether oxygens (including phenoxy) is 1. The first-order valence-electron chi connectivity index (χ1n) is 10.3. The first kappa shape index (κ1) is 20.7. The summed E-state index contributed by atoms with van der Waals surface area (Å²) in [5.41, 5.74) is 11.6. The van der Waals surface area contributed by atoms with E-state index in [0.717, 1.165) is 32.6 Å². The molecule has 4 aromatic carbocycles. The van der Waals surface area contributed by atoms with Crippen LogP contribution >= 0.6 is 12.2 Å². The highest BCUT2D eigenvalue weighted by atomic mass is 32.1. The number of carbonyl (C=O) groups is 1. The number of pyridine rings is 1. The average Bonchev–Trinajstić information content (AvgIpc) is 2.84. The third kappa shape index (κ3) is 3.68. The van der Waals surface area contributed by atoms with E-state index >= 15 is 0 Å². The summed E-state index contributed by atoms with van der Waals surface area (Å²) in [7, 11) is 1.56. The summed E-state index contributed by atoms with van der Waals surface area (Å²) >= 11 is 5.34. The number of benzene rings is 4. The second-order valence-electron chi connectivity index (χ2n) is 7.51. The zero-order chi connectivity index (χ0) is 22.9. The Balaban J connectivity index is 1.66. The molecule has 1 heterocycles. The number of carbonyl (C=O) groups excluding carboxylic acids is 1. The third-order valence-corrected chi connectivity index (χ3v) is 5.73. The number of anilines is 1. The van der Waals surface area contributed by atoms with Crippen molar-refractivity contribution in [2.45, 2.75) is 0 Å². The topological polar surface area (TPSA) is 80.5 Å². The zero-order valence-electron chi connectivity index (χ0n) is 17.8. The van der Waals surface area contributed by atoms with E-state index in [1.807, 2.05) is 72.8 Å². The van der Waals surface area contributed by atoms with Gasteiger partial charge in [0, 0.05) is 16.3 Å². The molecule has 3 N–H and O–H groups in total. The molecule has 0 radical (unpaired) electrons. The number of hydrazine groups is 1. The lowest BCUT2D eigenvalue weighted by Gasteiger charge is -2.26. The second-order valence-corrected chi connectivity index (χ2v) is 7.92. The summed E-state index contributed by atoms with van der Waals surface area (Å²) in [6.45, 7) is 0. The molecule has 1 amide bonds. The number of aromatic nitrogens is 1. The molecular weight excluding hydrogens is 432 g/mol. The Hall–Kier alpha value is -4.23. The van der Waals surface area contributed by atoms with Crippen LogP contribution in [0.15, 0.2) is 84.9 Å². The predicted octanol–water partition coefficient (Wildman–Crippen LogP) is 4.94. The summed E-state index contributed by atoms with van der Waals surface area (Å²) in [4.78, 5) is 18.1. The number of nitrogens with zero attached hydrogens (tertiary/aromatic N) is 2. The molecule has 0 unspecified atom stereocenters. The Morgan fingerprint density at radius 2 is 1.64 bits per heavy atom. The molecule has 0 aliphatic carbocycles. The van der Waals surface area contributed by atoms with Gasteiger partial charge in [0.25, 0.3) is 5.91 Å². The molecule has 0 saturated carbocycles. The standard InChI is InChI=1S/C26H20N4O2S/c1-32-23-14-13-22-20(15-17-8-3-5-12-21(17)28-22)24(23)30(26(27)33)29-25(31)19-11-6-9-16-7-2-4-10-18(16)19/h2-15H,1H3,(H2,27,33)(H,29,31). The largest absolute Gasteiger partial charge is 0.494 e. The molecule has 5 aromatic rings. The molecule has 0 saturated heterocycles. The van der Waals surface area contributed by atoms with Gasteiger partial charge in [-0.25, -0.2) is 9.99 Å². The molecule has 162 valence electrons. The van der Waals surface area contributed by atoms with Crippen LogP contribution in [-0.2, 0) is 0 Å². The normalized spacial score (nSPS) is 10.9. The van der Waals surface area contributed by atoms with Crippen LogP contribution in [0.2, 0.25) is 0 Å². The molecule has 0 bridgehead atoms. The van der Waals surface area contributed by atoms with Crippen molar-refractivity contribution < 1.29 is 9.53 Å². The maximum Gasteiger partial charge on any atom is 0.270 e. The molecule has 5 rings (SSSR count). The first-order chi connectivity index (χ1) is 16.1. The zero-order valence-corrected chi connectivity index (χ0v) is 18.6. The van der Waals surface area contributed by atoms with Gasteiger partial charge in [-0.05, 0) is 53.3 Å². The fourth-order valence-electron chi connectivity index (χ4n) is 4.02. The van der Waals surface area contributed by atoms with E-state index in [0.29, 0.717) is 17.0 Å². The van der Waals surface area contributed by atoms with E-state index in [1.165, 1.54) is 5.01 Å². The number of nitrogens with one attached hydrogen (secondary N) is 1. The third-order valence-electron chi connectivity index (χ3n) is 5.55. The number of para-hydroxylation sites is 1. The maximum atomic E-state index is 13.4. The number of amides is 1. The number of nitrogens with two attached hydrogens (primary N) is 1. The summed E-state index contributed by atoms with van der Waals surface area (Å²) in [5, 5.41) is 4.85. The molecule has 0 aliphatic rings. The van der Waals surface area contributed by atoms with Crippen molar-refractivity contribution in [3.8, 4) is 5.75 Å². The Morgan fingerprint density at radius 3 is 2.42 bits per heavy atom. The van der Waals surface area contributed by atoms with E-state index < -0.39 is 0 Å². The highest BCUT2D eigenvalue weighted by Gasteiger charge is 2.22. The number of thiocarbonyl (C=S) groups is 1. The van der Waals surface area contributed by atoms with Crippen molar-refractivity contribution >= 4 is 61.5 Å². The summed E-state index contributed by atoms with van der Waals surface area (Å²) in [5.74, 6) is 0.165. The number of rotatable bonds is 3. The first-order valence-corrected chi connectivity index (χ1v) is 10.7. The van der Waals surface area contributed by atoms with Gasteiger partial charge in [0.2, 0.25) is 0 Å². The SMILES string of the molecule is COc1ccc2nc3ccccc3cc2c1N(NC(=O)c1cccc2ccccc12)C(N)=S. The molecule has 33 heavy (non-hydrogen) atoms. The quantitative estimate of drug-likeness (QED) is 0.229. The molecule has 7 heteroatoms. The number of hydrogen-bond donors (Lipinski definition) is 2. The Bertz CT molecular complexity index is 1550. The molecule has 0 fully saturated rings. The van der Waals surface area contributed by atoms with Crippen LogP contribution in [0.1, 0.15) is 10.4 Å². The smallest absolute Gasteiger partial charge is 0.270 e. The monoisotopic (exact) mass is 452 g/mol. The van der Waals surface area contributed by atoms with E-state index in [4.69, 9.17) is 27.7 Å². The van der Waals surface area contributed by atoms with E-state index in [1.54, 1.807) is 19.2 Å². The van der Waals surface area contributed by atoms with Crippen LogP contribution in [0.4, 0.5) is 5.69 Å². The molecule has 0 spiro atoms. The van der Waals surface area contributed by atoms with Gasteiger partial charge in [-0.1, -0.05) is 54.6 Å². The summed E-state index contributed by atoms with van der Waals surface area (Å²) in [6.07, 6.45) is 0. The summed E-state index contributed by atoms with van der Waals surface area (Å²) < 4.78 is 5.62. The van der Waals surface area contributed by atoms with Crippen molar-refractivity contribution in [1.29, 1.82) is 0 Å². The molecule has 0 aliphatic heterocycles. The van der Waals surface area contributed by atoms with Crippen molar-refractivity contribution in [2.75, 3.05) is 12.1 Å². The van der Waals surface area contributed by atoms with Gasteiger partial charge in [0.05, 0.1) is 18.1 Å². The van der Waals surface area contributed by atoms with Crippen LogP contribution in [-0.4, -0.2) is 23.1 Å². The Labute approximate surface area is 195 Å². The van der Waals surface area contributed by atoms with Crippen molar-refractivity contribution in [1.82, 2.24) is 10.4 Å². The predicted molar refractivity (Wildman–Crippen MR) is 136 cm³/mol. The lowest BCUT2D eigenvalue weighted by Crippen LogP contribution is -2.49. The van der Waals surface area contributed by atoms with E-state index in [-0.39, 0.29) is 11.0 Å². The highest BCUT2D eigenvalue weighted by Crippen LogP contribution is 2.36. The van der Waals surface area contributed by atoms with Crippen LogP contribution in [0.3, 0.4) is 0 Å². The fourth-order valence-corrected chi connectivity index (χ4v) is 4.15. The molecular formula is C26H20N4O2S. The summed E-state index contributed by atoms with van der Waals surface area (Å²) in [6, 6.07) is 26.7.